The lowest BCUT2D eigenvalue weighted by Crippen LogP contribution is -2.49. The van der Waals surface area contributed by atoms with E-state index in [1.54, 1.807) is 6.07 Å². The first-order chi connectivity index (χ1) is 32.6. The minimum absolute atomic E-state index is 0.0531. The van der Waals surface area contributed by atoms with Gasteiger partial charge in [-0.15, -0.1) is 0 Å². The van der Waals surface area contributed by atoms with Crippen molar-refractivity contribution in [2.24, 2.45) is 11.8 Å². The number of nitrogens with one attached hydrogen (secondary N) is 2. The van der Waals surface area contributed by atoms with Crippen LogP contribution in [0.4, 0.5) is 5.82 Å². The van der Waals surface area contributed by atoms with Gasteiger partial charge in [-0.2, -0.15) is 0 Å². The molecule has 4 aliphatic heterocycles. The van der Waals surface area contributed by atoms with Crippen LogP contribution in [0.15, 0.2) is 42.5 Å². The summed E-state index contributed by atoms with van der Waals surface area (Å²) in [5.74, 6) is 11.0. The monoisotopic (exact) mass is 942 g/mol. The maximum Gasteiger partial charge on any atom is 0.302 e. The lowest BCUT2D eigenvalue weighted by atomic mass is 9.65. The number of carbonyl (C=O) groups is 1. The molecule has 0 amide bonds. The molecule has 6 bridgehead atoms. The van der Waals surface area contributed by atoms with Gasteiger partial charge in [-0.1, -0.05) is 64.3 Å². The first-order valence-corrected chi connectivity index (χ1v) is 26.3. The number of hydrogen-bond acceptors (Lipinski definition) is 14. The number of pyridine rings is 1. The summed E-state index contributed by atoms with van der Waals surface area (Å²) in [6, 6.07) is 11.8. The molecule has 7 N–H and O–H groups in total. The van der Waals surface area contributed by atoms with Crippen LogP contribution < -0.4 is 30.6 Å². The zero-order chi connectivity index (χ0) is 46.0. The number of anilines is 1. The SMILES string of the molecule is CNCc1c(O)c2c(c3c1CC#Cc1nc(N)ccc1C[C@H]1CC[C@]4(Cc5cc(O)cc(OCO)c5-c5ccc6c(c54)O[C@H]3[C@H]6COC(C)=O)C1)C=C[C@@H]1N[C@H]3CCC[C@@H](CSSC[C@H]1O2)C3. The molecule has 350 valence electrons. The topological polar surface area (TPSA) is 178 Å². The normalized spacial score (nSPS) is 27.6. The van der Waals surface area contributed by atoms with Gasteiger partial charge in [0, 0.05) is 82.3 Å². The number of aromatic nitrogens is 1. The number of carbonyl (C=O) groups excluding carboxylic acids is 1. The third-order valence-electron chi connectivity index (χ3n) is 15.4. The number of rotatable bonds is 6. The Morgan fingerprint density at radius 2 is 1.96 bits per heavy atom. The molecule has 7 aliphatic rings. The average molecular weight is 943 g/mol. The number of benzene rings is 3. The molecule has 12 nitrogen and oxygen atoms in total. The predicted molar refractivity (Wildman–Crippen MR) is 262 cm³/mol. The Labute approximate surface area is 399 Å². The third kappa shape index (κ3) is 8.08. The molecule has 3 aliphatic carbocycles. The van der Waals surface area contributed by atoms with E-state index in [2.05, 4.69) is 52.8 Å². The summed E-state index contributed by atoms with van der Waals surface area (Å²) in [7, 11) is 5.63. The number of nitrogens with two attached hydrogens (primary N) is 1. The zero-order valence-electron chi connectivity index (χ0n) is 38.0. The van der Waals surface area contributed by atoms with Gasteiger partial charge >= 0.3 is 5.97 Å². The summed E-state index contributed by atoms with van der Waals surface area (Å²) in [6.45, 7) is 1.26. The molecule has 67 heavy (non-hydrogen) atoms. The van der Waals surface area contributed by atoms with Crippen LogP contribution in [-0.2, 0) is 40.8 Å². The smallest absolute Gasteiger partial charge is 0.302 e. The van der Waals surface area contributed by atoms with Gasteiger partial charge in [-0.25, -0.2) is 4.98 Å². The lowest BCUT2D eigenvalue weighted by molar-refractivity contribution is -0.141. The fraction of sp³-hybridized carbons (Fsp3) is 0.472. The number of phenolic OH excluding ortho intramolecular Hbond substituents is 2. The molecule has 3 fully saturated rings. The summed E-state index contributed by atoms with van der Waals surface area (Å²) in [4.78, 5) is 17.6. The average Bonchev–Trinajstić information content (AvgIpc) is 3.82. The van der Waals surface area contributed by atoms with Crippen molar-refractivity contribution in [1.82, 2.24) is 15.6 Å². The van der Waals surface area contributed by atoms with Crippen molar-refractivity contribution in [3.63, 3.8) is 0 Å². The number of aliphatic hydroxyl groups excluding tert-OH is 1. The molecular weight excluding hydrogens is 885 g/mol. The lowest BCUT2D eigenvalue weighted by Gasteiger charge is -2.39. The Morgan fingerprint density at radius 3 is 2.81 bits per heavy atom. The summed E-state index contributed by atoms with van der Waals surface area (Å²) in [5, 5.41) is 41.1. The Balaban J connectivity index is 1.17. The summed E-state index contributed by atoms with van der Waals surface area (Å²) in [6.07, 6.45) is 12.3. The van der Waals surface area contributed by atoms with Crippen LogP contribution in [0.5, 0.6) is 28.7 Å². The van der Waals surface area contributed by atoms with Crippen molar-refractivity contribution in [3.05, 3.63) is 92.7 Å². The number of aromatic hydroxyl groups is 2. The van der Waals surface area contributed by atoms with Gasteiger partial charge in [0.1, 0.15) is 47.6 Å². The maximum atomic E-state index is 12.8. The van der Waals surface area contributed by atoms with Crippen molar-refractivity contribution in [3.8, 4) is 51.7 Å². The van der Waals surface area contributed by atoms with Crippen molar-refractivity contribution < 1.29 is 39.1 Å². The van der Waals surface area contributed by atoms with Gasteiger partial charge in [0.05, 0.1) is 12.0 Å². The molecule has 5 heterocycles. The molecule has 0 unspecified atom stereocenters. The highest BCUT2D eigenvalue weighted by Gasteiger charge is 2.51. The molecule has 0 radical (unpaired) electrons. The zero-order valence-corrected chi connectivity index (χ0v) is 39.6. The Bertz CT molecular complexity index is 2730. The Kier molecular flexibility index (Phi) is 12.0. The van der Waals surface area contributed by atoms with Crippen molar-refractivity contribution in [1.29, 1.82) is 0 Å². The number of phenols is 2. The second-order valence-electron chi connectivity index (χ2n) is 19.6. The van der Waals surface area contributed by atoms with E-state index in [0.29, 0.717) is 53.5 Å². The van der Waals surface area contributed by atoms with E-state index in [1.807, 2.05) is 40.8 Å². The van der Waals surface area contributed by atoms with Crippen LogP contribution >= 0.6 is 21.6 Å². The van der Waals surface area contributed by atoms with Crippen molar-refractivity contribution in [2.45, 2.75) is 113 Å². The van der Waals surface area contributed by atoms with E-state index < -0.39 is 30.2 Å². The molecule has 1 spiro atoms. The molecule has 1 saturated heterocycles. The highest BCUT2D eigenvalue weighted by molar-refractivity contribution is 8.76. The Morgan fingerprint density at radius 1 is 1.07 bits per heavy atom. The predicted octanol–water partition coefficient (Wildman–Crippen LogP) is 8.00. The minimum atomic E-state index is -0.695. The number of ether oxygens (including phenoxy) is 4. The van der Waals surface area contributed by atoms with Gasteiger partial charge in [-0.3, -0.25) is 4.79 Å². The second-order valence-corrected chi connectivity index (χ2v) is 22.1. The Hall–Kier alpha value is -5.04. The van der Waals surface area contributed by atoms with Gasteiger partial charge in [0.2, 0.25) is 0 Å². The molecule has 1 aromatic heterocycles. The molecule has 2 saturated carbocycles. The number of hydrogen-bond donors (Lipinski definition) is 6. The second kappa shape index (κ2) is 18.1. The highest BCUT2D eigenvalue weighted by atomic mass is 33.1. The number of aliphatic hydroxyl groups is 1. The number of esters is 1. The van der Waals surface area contributed by atoms with Crippen molar-refractivity contribution in [2.75, 3.05) is 37.7 Å². The van der Waals surface area contributed by atoms with Crippen LogP contribution in [-0.4, -0.2) is 76.4 Å². The van der Waals surface area contributed by atoms with Crippen LogP contribution in [0.25, 0.3) is 17.2 Å². The maximum absolute atomic E-state index is 12.8. The van der Waals surface area contributed by atoms with Crippen molar-refractivity contribution >= 4 is 39.5 Å². The van der Waals surface area contributed by atoms with E-state index in [4.69, 9.17) is 29.7 Å². The quantitative estimate of drug-likeness (QED) is 0.0474. The van der Waals surface area contributed by atoms with Crippen LogP contribution in [0, 0.1) is 23.7 Å². The summed E-state index contributed by atoms with van der Waals surface area (Å²) in [5.41, 5.74) is 15.3. The third-order valence-corrected chi connectivity index (χ3v) is 18.0. The number of nitrogens with zero attached hydrogens (tertiary/aromatic N) is 1. The fourth-order valence-corrected chi connectivity index (χ4v) is 15.3. The van der Waals surface area contributed by atoms with Gasteiger partial charge in [0.15, 0.2) is 18.3 Å². The van der Waals surface area contributed by atoms with Crippen LogP contribution in [0.2, 0.25) is 0 Å². The molecular formula is C53H58N4O8S2. The first-order valence-electron chi connectivity index (χ1n) is 23.8. The van der Waals surface area contributed by atoms with Crippen LogP contribution in [0.1, 0.15) is 114 Å². The molecule has 8 atom stereocenters. The van der Waals surface area contributed by atoms with Gasteiger partial charge < -0.3 is 50.6 Å². The van der Waals surface area contributed by atoms with E-state index >= 15 is 0 Å². The molecule has 4 aromatic rings. The van der Waals surface area contributed by atoms with E-state index in [-0.39, 0.29) is 42.6 Å². The van der Waals surface area contributed by atoms with Gasteiger partial charge in [0.25, 0.3) is 0 Å². The summed E-state index contributed by atoms with van der Waals surface area (Å²) < 4.78 is 26.7. The fourth-order valence-electron chi connectivity index (χ4n) is 12.6. The molecule has 11 rings (SSSR count). The molecule has 3 aromatic carbocycles. The number of fused-ring (bicyclic) bond motifs is 12. The standard InChI is InChI=1S/C53H58N4O8S2/c1-28(59)62-24-40-36-10-11-37-46-32(19-34(60)20-43(46)63-27-58)22-53-16-15-29(21-53)17-31-9-14-45(54)57-41(31)8-4-7-35-39(23-55-2)49(61)52-38(47(35)50(40)65-51(36)48(37)53)12-13-42-44(64-52)26-67-66-25-30-5-3-6-33(18-30)56-42/h9-14,19-20,29-30,33,40,42,44,50,55-56,58,60-61H,3,5-7,15-18,21-27H2,1-2H3,(H2,54,57)/t29-,30-,33+,40+,42+,44-,50+,53-/m1/s1. The van der Waals surface area contributed by atoms with Gasteiger partial charge in [-0.05, 0) is 111 Å². The van der Waals surface area contributed by atoms with E-state index in [0.717, 1.165) is 106 Å². The van der Waals surface area contributed by atoms with E-state index in [9.17, 15) is 20.1 Å². The van der Waals surface area contributed by atoms with Crippen LogP contribution in [0.3, 0.4) is 0 Å². The minimum Gasteiger partial charge on any atom is -0.508 e. The van der Waals surface area contributed by atoms with E-state index in [1.165, 1.54) is 19.8 Å². The first kappa shape index (κ1) is 44.5. The summed E-state index contributed by atoms with van der Waals surface area (Å²) >= 11 is 0. The largest absolute Gasteiger partial charge is 0.508 e. The molecule has 14 heteroatoms. The number of nitrogen functional groups attached to an aromatic ring is 1. The highest BCUT2D eigenvalue weighted by Crippen LogP contribution is 2.63.